The van der Waals surface area contributed by atoms with Gasteiger partial charge in [-0.15, -0.1) is 0 Å². The Morgan fingerprint density at radius 1 is 1.55 bits per heavy atom. The average Bonchev–Trinajstić information content (AvgIpc) is 2.37. The molecule has 1 heterocycles. The molecule has 1 aromatic carbocycles. The van der Waals surface area contributed by atoms with Crippen molar-refractivity contribution < 1.29 is 13.9 Å². The fraction of sp³-hybridized carbons (Fsp3) is 0.500. The molecule has 1 aliphatic rings. The highest BCUT2D eigenvalue weighted by molar-refractivity contribution is 9.10. The molecule has 1 aromatic rings. The summed E-state index contributed by atoms with van der Waals surface area (Å²) in [6.45, 7) is 3.03. The van der Waals surface area contributed by atoms with Gasteiger partial charge >= 0.3 is 6.03 Å². The van der Waals surface area contributed by atoms with E-state index in [-0.39, 0.29) is 24.0 Å². The Morgan fingerprint density at radius 2 is 2.35 bits per heavy atom. The highest BCUT2D eigenvalue weighted by atomic mass is 79.9. The van der Waals surface area contributed by atoms with Crippen LogP contribution in [0.25, 0.3) is 0 Å². The van der Waals surface area contributed by atoms with Crippen LogP contribution in [-0.4, -0.2) is 24.8 Å². The lowest BCUT2D eigenvalue weighted by atomic mass is 10.0. The third kappa shape index (κ3) is 4.45. The summed E-state index contributed by atoms with van der Waals surface area (Å²) in [4.78, 5) is 11.8. The summed E-state index contributed by atoms with van der Waals surface area (Å²) in [5, 5.41) is 5.71. The van der Waals surface area contributed by atoms with Gasteiger partial charge < -0.3 is 15.4 Å². The van der Waals surface area contributed by atoms with Gasteiger partial charge in [-0.25, -0.2) is 9.18 Å². The zero-order valence-corrected chi connectivity index (χ0v) is 12.9. The molecule has 0 aromatic heterocycles. The van der Waals surface area contributed by atoms with Gasteiger partial charge in [0.25, 0.3) is 0 Å². The molecular formula is C14H18BrFN2O2. The number of benzene rings is 1. The zero-order valence-electron chi connectivity index (χ0n) is 11.3. The molecule has 2 amide bonds. The van der Waals surface area contributed by atoms with Gasteiger partial charge in [-0.05, 0) is 37.5 Å². The zero-order chi connectivity index (χ0) is 14.5. The second-order valence-electron chi connectivity index (χ2n) is 4.97. The van der Waals surface area contributed by atoms with E-state index in [0.717, 1.165) is 18.4 Å². The summed E-state index contributed by atoms with van der Waals surface area (Å²) < 4.78 is 19.0. The Balaban J connectivity index is 1.80. The van der Waals surface area contributed by atoms with Crippen molar-refractivity contribution in [2.24, 2.45) is 0 Å². The fourth-order valence-corrected chi connectivity index (χ4v) is 2.70. The minimum atomic E-state index is -0.304. The molecule has 4 nitrogen and oxygen atoms in total. The van der Waals surface area contributed by atoms with Crippen LogP contribution in [0, 0.1) is 5.82 Å². The maximum atomic E-state index is 13.0. The monoisotopic (exact) mass is 344 g/mol. The van der Waals surface area contributed by atoms with Crippen molar-refractivity contribution in [3.63, 3.8) is 0 Å². The van der Waals surface area contributed by atoms with Gasteiger partial charge in [0.2, 0.25) is 0 Å². The number of hydrogen-bond acceptors (Lipinski definition) is 2. The number of nitrogens with one attached hydrogen (secondary N) is 2. The largest absolute Gasteiger partial charge is 0.378 e. The van der Waals surface area contributed by atoms with Crippen molar-refractivity contribution in [1.82, 2.24) is 10.6 Å². The molecule has 2 atom stereocenters. The predicted molar refractivity (Wildman–Crippen MR) is 77.9 cm³/mol. The molecule has 0 saturated carbocycles. The minimum Gasteiger partial charge on any atom is -0.378 e. The summed E-state index contributed by atoms with van der Waals surface area (Å²) in [5.41, 5.74) is 0.835. The van der Waals surface area contributed by atoms with Gasteiger partial charge in [-0.2, -0.15) is 0 Å². The molecule has 1 fully saturated rings. The molecule has 0 spiro atoms. The highest BCUT2D eigenvalue weighted by Crippen LogP contribution is 2.18. The smallest absolute Gasteiger partial charge is 0.315 e. The standard InChI is InChI=1S/C14H18BrFN2O2/c1-9-6-12(4-5-20-9)18-14(19)17-8-10-2-3-11(16)7-13(10)15/h2-3,7,9,12H,4-6,8H2,1H3,(H2,17,18,19). The van der Waals surface area contributed by atoms with Crippen LogP contribution in [0.3, 0.4) is 0 Å². The number of halogens is 2. The third-order valence-electron chi connectivity index (χ3n) is 3.27. The lowest BCUT2D eigenvalue weighted by Crippen LogP contribution is -2.45. The molecule has 110 valence electrons. The van der Waals surface area contributed by atoms with Crippen LogP contribution in [0.5, 0.6) is 0 Å². The Hall–Kier alpha value is -1.14. The van der Waals surface area contributed by atoms with Crippen molar-refractivity contribution in [1.29, 1.82) is 0 Å². The topological polar surface area (TPSA) is 50.4 Å². The number of amides is 2. The molecule has 0 bridgehead atoms. The number of carbonyl (C=O) groups is 1. The maximum absolute atomic E-state index is 13.0. The molecule has 0 aliphatic carbocycles. The summed E-state index contributed by atoms with van der Waals surface area (Å²) in [7, 11) is 0. The van der Waals surface area contributed by atoms with Gasteiger partial charge in [0.15, 0.2) is 0 Å². The van der Waals surface area contributed by atoms with Crippen LogP contribution in [-0.2, 0) is 11.3 Å². The number of hydrogen-bond donors (Lipinski definition) is 2. The molecule has 1 aliphatic heterocycles. The summed E-state index contributed by atoms with van der Waals surface area (Å²) in [6.07, 6.45) is 1.84. The molecule has 1 saturated heterocycles. The summed E-state index contributed by atoms with van der Waals surface area (Å²) >= 11 is 3.28. The van der Waals surface area contributed by atoms with Crippen molar-refractivity contribution >= 4 is 22.0 Å². The first-order valence-electron chi connectivity index (χ1n) is 6.64. The third-order valence-corrected chi connectivity index (χ3v) is 4.01. The first-order valence-corrected chi connectivity index (χ1v) is 7.44. The van der Waals surface area contributed by atoms with Crippen molar-refractivity contribution in [3.8, 4) is 0 Å². The fourth-order valence-electron chi connectivity index (χ4n) is 2.21. The molecule has 20 heavy (non-hydrogen) atoms. The molecule has 0 radical (unpaired) electrons. The maximum Gasteiger partial charge on any atom is 0.315 e. The summed E-state index contributed by atoms with van der Waals surface area (Å²) in [5.74, 6) is -0.304. The number of carbonyl (C=O) groups excluding carboxylic acids is 1. The Labute approximate surface area is 126 Å². The van der Waals surface area contributed by atoms with E-state index in [1.807, 2.05) is 6.92 Å². The Bertz CT molecular complexity index is 484. The van der Waals surface area contributed by atoms with Gasteiger partial charge in [0, 0.05) is 23.7 Å². The van der Waals surface area contributed by atoms with Crippen LogP contribution in [0.1, 0.15) is 25.3 Å². The molecule has 2 N–H and O–H groups in total. The number of urea groups is 1. The average molecular weight is 345 g/mol. The Morgan fingerprint density at radius 3 is 3.05 bits per heavy atom. The first kappa shape index (κ1) is 15.3. The van der Waals surface area contributed by atoms with E-state index in [4.69, 9.17) is 4.74 Å². The Kier molecular flexibility index (Phi) is 5.37. The van der Waals surface area contributed by atoms with E-state index >= 15 is 0 Å². The SMILES string of the molecule is CC1CC(NC(=O)NCc2ccc(F)cc2Br)CCO1. The second kappa shape index (κ2) is 7.04. The van der Waals surface area contributed by atoms with E-state index in [1.54, 1.807) is 6.07 Å². The summed E-state index contributed by atoms with van der Waals surface area (Å²) in [6, 6.07) is 4.35. The van der Waals surface area contributed by atoms with E-state index in [2.05, 4.69) is 26.6 Å². The van der Waals surface area contributed by atoms with E-state index < -0.39 is 0 Å². The molecular weight excluding hydrogens is 327 g/mol. The van der Waals surface area contributed by atoms with Crippen LogP contribution in [0.15, 0.2) is 22.7 Å². The van der Waals surface area contributed by atoms with E-state index in [0.29, 0.717) is 17.6 Å². The highest BCUT2D eigenvalue weighted by Gasteiger charge is 2.20. The van der Waals surface area contributed by atoms with Crippen LogP contribution >= 0.6 is 15.9 Å². The van der Waals surface area contributed by atoms with Gasteiger partial charge in [-0.3, -0.25) is 0 Å². The quantitative estimate of drug-likeness (QED) is 0.885. The lowest BCUT2D eigenvalue weighted by Gasteiger charge is -2.27. The first-order chi connectivity index (χ1) is 9.54. The number of rotatable bonds is 3. The van der Waals surface area contributed by atoms with E-state index in [9.17, 15) is 9.18 Å². The van der Waals surface area contributed by atoms with Crippen molar-refractivity contribution in [2.75, 3.05) is 6.61 Å². The predicted octanol–water partition coefficient (Wildman–Crippen LogP) is 2.95. The molecule has 2 rings (SSSR count). The molecule has 6 heteroatoms. The normalized spacial score (nSPS) is 22.4. The van der Waals surface area contributed by atoms with Crippen molar-refractivity contribution in [3.05, 3.63) is 34.1 Å². The van der Waals surface area contributed by atoms with Crippen LogP contribution < -0.4 is 10.6 Å². The minimum absolute atomic E-state index is 0.149. The van der Waals surface area contributed by atoms with Gasteiger partial charge in [0.05, 0.1) is 6.10 Å². The van der Waals surface area contributed by atoms with Gasteiger partial charge in [0.1, 0.15) is 5.82 Å². The molecule has 2 unspecified atom stereocenters. The van der Waals surface area contributed by atoms with Crippen LogP contribution in [0.4, 0.5) is 9.18 Å². The van der Waals surface area contributed by atoms with Crippen molar-refractivity contribution in [2.45, 2.75) is 38.5 Å². The van der Waals surface area contributed by atoms with Gasteiger partial charge in [-0.1, -0.05) is 22.0 Å². The van der Waals surface area contributed by atoms with Crippen LogP contribution in [0.2, 0.25) is 0 Å². The number of ether oxygens (including phenoxy) is 1. The lowest BCUT2D eigenvalue weighted by molar-refractivity contribution is 0.0154. The second-order valence-corrected chi connectivity index (χ2v) is 5.82. The van der Waals surface area contributed by atoms with E-state index in [1.165, 1.54) is 12.1 Å².